The van der Waals surface area contributed by atoms with Gasteiger partial charge < -0.3 is 5.21 Å². The molecule has 0 spiro atoms. The Hall–Kier alpha value is -0.800. The van der Waals surface area contributed by atoms with E-state index < -0.39 is 12.1 Å². The molecule has 4 heteroatoms. The Morgan fingerprint density at radius 1 is 1.90 bits per heavy atom. The molecule has 0 radical (unpaired) electrons. The van der Waals surface area contributed by atoms with Crippen molar-refractivity contribution in [1.82, 2.24) is 0 Å². The molecule has 1 atom stereocenters. The first-order chi connectivity index (χ1) is 4.57. The van der Waals surface area contributed by atoms with Crippen molar-refractivity contribution in [1.29, 1.82) is 0 Å². The quantitative estimate of drug-likeness (QED) is 0.425. The largest absolute Gasteiger partial charge is 0.715 e. The summed E-state index contributed by atoms with van der Waals surface area (Å²) in [5.74, 6) is 0.250. The lowest BCUT2D eigenvalue weighted by Crippen LogP contribution is -2.22. The molecule has 0 amide bonds. The molecule has 1 aliphatic heterocycles. The third-order valence-corrected chi connectivity index (χ3v) is 1.78. The van der Waals surface area contributed by atoms with Gasteiger partial charge in [-0.05, 0) is 0 Å². The molecule has 0 bridgehead atoms. The van der Waals surface area contributed by atoms with Gasteiger partial charge in [-0.3, -0.25) is 14.9 Å². The van der Waals surface area contributed by atoms with E-state index in [1.807, 2.05) is 0 Å². The van der Waals surface area contributed by atoms with Crippen molar-refractivity contribution in [3.8, 4) is 0 Å². The first kappa shape index (κ1) is 7.31. The molecule has 0 saturated carbocycles. The minimum absolute atomic E-state index is 0.190. The fourth-order valence-electron chi connectivity index (χ4n) is 1.12. The number of hydroxylamine groups is 1. The number of rotatable bonds is 1. The summed E-state index contributed by atoms with van der Waals surface area (Å²) in [6, 6.07) is 0. The highest BCUT2D eigenvalue weighted by molar-refractivity contribution is 5.77. The van der Waals surface area contributed by atoms with Gasteiger partial charge in [0.05, 0.1) is 19.6 Å². The molecule has 0 aromatic heterocycles. The number of halogens is 1. The van der Waals surface area contributed by atoms with Crippen LogP contribution < -0.4 is 5.73 Å². The topological polar surface area (TPSA) is 52.1 Å². The molecule has 1 heterocycles. The van der Waals surface area contributed by atoms with Gasteiger partial charge in [-0.15, -0.1) is 0 Å². The Morgan fingerprint density at radius 3 is 2.70 bits per heavy atom. The molecule has 0 saturated heterocycles. The predicted octanol–water partition coefficient (Wildman–Crippen LogP) is 0.233. The van der Waals surface area contributed by atoms with E-state index in [-0.39, 0.29) is 12.4 Å². The van der Waals surface area contributed by atoms with Gasteiger partial charge in [0.25, 0.3) is 0 Å². The SMILES string of the molecule is CC1(CF)CC(N)=[N+]([O-])C1. The average Bonchev–Trinajstić information content (AvgIpc) is 2.10. The van der Waals surface area contributed by atoms with Crippen LogP contribution in [0.5, 0.6) is 0 Å². The van der Waals surface area contributed by atoms with Crippen LogP contribution >= 0.6 is 0 Å². The average molecular weight is 146 g/mol. The number of nitrogens with two attached hydrogens (primary N) is 1. The van der Waals surface area contributed by atoms with E-state index in [2.05, 4.69) is 0 Å². The summed E-state index contributed by atoms with van der Waals surface area (Å²) in [5, 5.41) is 10.7. The molecule has 0 fully saturated rings. The minimum atomic E-state index is -0.536. The molecule has 1 unspecified atom stereocenters. The van der Waals surface area contributed by atoms with Crippen LogP contribution in [0, 0.1) is 10.6 Å². The van der Waals surface area contributed by atoms with Gasteiger partial charge in [0, 0.05) is 5.41 Å². The Kier molecular flexibility index (Phi) is 1.54. The summed E-state index contributed by atoms with van der Waals surface area (Å²) in [4.78, 5) is 0. The first-order valence-corrected chi connectivity index (χ1v) is 3.19. The fourth-order valence-corrected chi connectivity index (χ4v) is 1.12. The Balaban J connectivity index is 2.66. The lowest BCUT2D eigenvalue weighted by Gasteiger charge is -2.16. The van der Waals surface area contributed by atoms with Gasteiger partial charge in [0.15, 0.2) is 0 Å². The molecule has 10 heavy (non-hydrogen) atoms. The summed E-state index contributed by atoms with van der Waals surface area (Å²) < 4.78 is 12.9. The number of amidine groups is 1. The van der Waals surface area contributed by atoms with Crippen molar-refractivity contribution in [2.24, 2.45) is 11.1 Å². The zero-order valence-electron chi connectivity index (χ0n) is 5.93. The van der Waals surface area contributed by atoms with Crippen LogP contribution in [0.25, 0.3) is 0 Å². The lowest BCUT2D eigenvalue weighted by atomic mass is 9.91. The van der Waals surface area contributed by atoms with Crippen molar-refractivity contribution >= 4 is 5.84 Å². The van der Waals surface area contributed by atoms with E-state index in [9.17, 15) is 9.60 Å². The van der Waals surface area contributed by atoms with E-state index in [0.29, 0.717) is 11.2 Å². The van der Waals surface area contributed by atoms with Crippen LogP contribution in [0.15, 0.2) is 0 Å². The molecule has 2 N–H and O–H groups in total. The molecular weight excluding hydrogens is 135 g/mol. The summed E-state index contributed by atoms with van der Waals surface area (Å²) >= 11 is 0. The van der Waals surface area contributed by atoms with E-state index >= 15 is 0 Å². The van der Waals surface area contributed by atoms with Crippen molar-refractivity contribution in [2.45, 2.75) is 13.3 Å². The van der Waals surface area contributed by atoms with Crippen molar-refractivity contribution in [3.63, 3.8) is 0 Å². The van der Waals surface area contributed by atoms with Gasteiger partial charge in [-0.1, -0.05) is 6.92 Å². The number of hydrogen-bond acceptors (Lipinski definition) is 2. The van der Waals surface area contributed by atoms with E-state index in [4.69, 9.17) is 5.73 Å². The number of nitrogens with zero attached hydrogens (tertiary/aromatic N) is 1. The number of alkyl halides is 1. The normalized spacial score (nSPS) is 33.4. The Bertz CT molecular complexity index is 165. The monoisotopic (exact) mass is 146 g/mol. The maximum Gasteiger partial charge on any atom is 0.246 e. The second-order valence-corrected chi connectivity index (χ2v) is 3.15. The van der Waals surface area contributed by atoms with E-state index in [0.717, 1.165) is 0 Å². The maximum atomic E-state index is 12.2. The van der Waals surface area contributed by atoms with E-state index in [1.165, 1.54) is 0 Å². The number of hydrogen-bond donors (Lipinski definition) is 1. The summed E-state index contributed by atoms with van der Waals surface area (Å²) in [6.45, 7) is 1.43. The summed E-state index contributed by atoms with van der Waals surface area (Å²) in [7, 11) is 0. The molecule has 0 aromatic carbocycles. The fraction of sp³-hybridized carbons (Fsp3) is 0.833. The molecule has 0 aliphatic carbocycles. The van der Waals surface area contributed by atoms with Gasteiger partial charge in [-0.25, -0.2) is 0 Å². The summed E-state index contributed by atoms with van der Waals surface area (Å²) in [5.41, 5.74) is 4.76. The smallest absolute Gasteiger partial charge is 0.246 e. The van der Waals surface area contributed by atoms with Crippen LogP contribution in [0.2, 0.25) is 0 Å². The molecule has 3 nitrogen and oxygen atoms in total. The molecule has 1 rings (SSSR count). The highest BCUT2D eigenvalue weighted by Crippen LogP contribution is 2.26. The zero-order chi connectivity index (χ0) is 7.78. The molecule has 0 aromatic rings. The summed E-state index contributed by atoms with van der Waals surface area (Å²) in [6.07, 6.45) is 0.382. The predicted molar refractivity (Wildman–Crippen MR) is 36.4 cm³/mol. The zero-order valence-corrected chi connectivity index (χ0v) is 5.93. The molecular formula is C6H11FN2O. The third-order valence-electron chi connectivity index (χ3n) is 1.78. The Morgan fingerprint density at radius 2 is 2.50 bits per heavy atom. The second-order valence-electron chi connectivity index (χ2n) is 3.15. The highest BCUT2D eigenvalue weighted by Gasteiger charge is 2.35. The van der Waals surface area contributed by atoms with Gasteiger partial charge in [0.2, 0.25) is 5.84 Å². The maximum absolute atomic E-state index is 12.2. The van der Waals surface area contributed by atoms with Crippen LogP contribution in [0.4, 0.5) is 4.39 Å². The van der Waals surface area contributed by atoms with Crippen molar-refractivity contribution < 1.29 is 9.13 Å². The van der Waals surface area contributed by atoms with Crippen LogP contribution in [-0.4, -0.2) is 23.8 Å². The Labute approximate surface area is 58.9 Å². The van der Waals surface area contributed by atoms with Gasteiger partial charge >= 0.3 is 0 Å². The molecule has 58 valence electrons. The molecule has 1 aliphatic rings. The van der Waals surface area contributed by atoms with Crippen LogP contribution in [0.1, 0.15) is 13.3 Å². The lowest BCUT2D eigenvalue weighted by molar-refractivity contribution is -0.462. The second kappa shape index (κ2) is 2.11. The third kappa shape index (κ3) is 1.05. The van der Waals surface area contributed by atoms with Gasteiger partial charge in [0.1, 0.15) is 0 Å². The van der Waals surface area contributed by atoms with Gasteiger partial charge in [-0.2, -0.15) is 0 Å². The van der Waals surface area contributed by atoms with Crippen molar-refractivity contribution in [2.75, 3.05) is 13.2 Å². The highest BCUT2D eigenvalue weighted by atomic mass is 19.1. The van der Waals surface area contributed by atoms with Crippen LogP contribution in [-0.2, 0) is 0 Å². The minimum Gasteiger partial charge on any atom is -0.715 e. The first-order valence-electron chi connectivity index (χ1n) is 3.19. The standard InChI is InChI=1S/C6H11FN2O/c1-6(3-7)2-5(8)9(10)4-6/h2-4,8H2,1H3. The van der Waals surface area contributed by atoms with Crippen LogP contribution in [0.3, 0.4) is 0 Å². The van der Waals surface area contributed by atoms with E-state index in [1.54, 1.807) is 6.92 Å². The van der Waals surface area contributed by atoms with Crippen molar-refractivity contribution in [3.05, 3.63) is 5.21 Å².